The Labute approximate surface area is 98.4 Å². The summed E-state index contributed by atoms with van der Waals surface area (Å²) in [7, 11) is 0. The van der Waals surface area contributed by atoms with Crippen LogP contribution in [-0.2, 0) is 16.1 Å². The molecule has 0 saturated heterocycles. The molecule has 2 rings (SSSR count). The second-order valence-corrected chi connectivity index (χ2v) is 3.91. The predicted molar refractivity (Wildman–Crippen MR) is 61.4 cm³/mol. The number of rotatable bonds is 3. The highest BCUT2D eigenvalue weighted by Crippen LogP contribution is 2.15. The number of hydrazone groups is 1. The first kappa shape index (κ1) is 11.3. The van der Waals surface area contributed by atoms with E-state index in [9.17, 15) is 9.59 Å². The van der Waals surface area contributed by atoms with Crippen LogP contribution in [0.25, 0.3) is 0 Å². The lowest BCUT2D eigenvalue weighted by Gasteiger charge is -2.13. The molecule has 1 aliphatic heterocycles. The van der Waals surface area contributed by atoms with E-state index in [-0.39, 0.29) is 18.0 Å². The average Bonchev–Trinajstić information content (AvgIpc) is 2.64. The van der Waals surface area contributed by atoms with E-state index < -0.39 is 5.97 Å². The molecule has 0 aromatic heterocycles. The number of amides is 1. The van der Waals surface area contributed by atoms with E-state index >= 15 is 0 Å². The molecule has 0 saturated carbocycles. The summed E-state index contributed by atoms with van der Waals surface area (Å²) >= 11 is 0. The van der Waals surface area contributed by atoms with Gasteiger partial charge < -0.3 is 5.11 Å². The number of carboxylic acids is 1. The van der Waals surface area contributed by atoms with Crippen molar-refractivity contribution in [2.75, 3.05) is 0 Å². The highest BCUT2D eigenvalue weighted by molar-refractivity contribution is 6.40. The summed E-state index contributed by atoms with van der Waals surface area (Å²) in [4.78, 5) is 22.3. The van der Waals surface area contributed by atoms with Crippen LogP contribution in [0.5, 0.6) is 0 Å². The third kappa shape index (κ3) is 2.33. The fraction of sp³-hybridized carbons (Fsp3) is 0.250. The van der Waals surface area contributed by atoms with Crippen LogP contribution in [0.15, 0.2) is 29.4 Å². The minimum Gasteiger partial charge on any atom is -0.477 e. The minimum absolute atomic E-state index is 0.0939. The molecule has 0 unspecified atom stereocenters. The highest BCUT2D eigenvalue weighted by atomic mass is 16.4. The molecule has 0 atom stereocenters. The Hall–Kier alpha value is -2.17. The number of carboxylic acid groups (broad SMARTS) is 1. The smallest absolute Gasteiger partial charge is 0.352 e. The number of hydrogen-bond donors (Lipinski definition) is 1. The maximum atomic E-state index is 11.6. The first-order valence-corrected chi connectivity index (χ1v) is 5.23. The number of nitrogens with zero attached hydrogens (tertiary/aromatic N) is 2. The Bertz CT molecular complexity index is 508. The van der Waals surface area contributed by atoms with Crippen LogP contribution >= 0.6 is 0 Å². The number of carbonyl (C=O) groups is 2. The van der Waals surface area contributed by atoms with Crippen LogP contribution in [0, 0.1) is 6.92 Å². The van der Waals surface area contributed by atoms with Crippen LogP contribution in [0.4, 0.5) is 0 Å². The number of aliphatic carboxylic acids is 1. The molecule has 1 aromatic carbocycles. The van der Waals surface area contributed by atoms with Crippen LogP contribution in [-0.4, -0.2) is 27.7 Å². The number of benzene rings is 1. The fourth-order valence-electron chi connectivity index (χ4n) is 1.66. The molecule has 1 amide bonds. The van der Waals surface area contributed by atoms with Gasteiger partial charge in [-0.05, 0) is 18.1 Å². The molecule has 0 aliphatic carbocycles. The quantitative estimate of drug-likeness (QED) is 0.850. The van der Waals surface area contributed by atoms with Crippen molar-refractivity contribution in [1.82, 2.24) is 5.01 Å². The van der Waals surface area contributed by atoms with Gasteiger partial charge in [0.2, 0.25) is 5.91 Å². The zero-order chi connectivity index (χ0) is 12.4. The van der Waals surface area contributed by atoms with Crippen molar-refractivity contribution < 1.29 is 14.7 Å². The van der Waals surface area contributed by atoms with Crippen molar-refractivity contribution in [2.45, 2.75) is 19.9 Å². The van der Waals surface area contributed by atoms with E-state index in [4.69, 9.17) is 5.11 Å². The van der Waals surface area contributed by atoms with Crippen molar-refractivity contribution in [2.24, 2.45) is 5.10 Å². The second kappa shape index (κ2) is 4.37. The van der Waals surface area contributed by atoms with Gasteiger partial charge in [-0.3, -0.25) is 4.79 Å². The largest absolute Gasteiger partial charge is 0.477 e. The van der Waals surface area contributed by atoms with Gasteiger partial charge in [0.25, 0.3) is 0 Å². The van der Waals surface area contributed by atoms with Gasteiger partial charge >= 0.3 is 5.97 Å². The van der Waals surface area contributed by atoms with Gasteiger partial charge in [0.1, 0.15) is 0 Å². The van der Waals surface area contributed by atoms with Crippen molar-refractivity contribution in [3.63, 3.8) is 0 Å². The average molecular weight is 232 g/mol. The SMILES string of the molecule is Cc1ccccc1CN1N=C(C(=O)O)CC1=O. The van der Waals surface area contributed by atoms with Gasteiger partial charge in [-0.2, -0.15) is 5.10 Å². The topological polar surface area (TPSA) is 70.0 Å². The molecule has 5 heteroatoms. The number of hydrogen-bond acceptors (Lipinski definition) is 3. The monoisotopic (exact) mass is 232 g/mol. The summed E-state index contributed by atoms with van der Waals surface area (Å²) in [5.74, 6) is -1.41. The van der Waals surface area contributed by atoms with Crippen molar-refractivity contribution in [1.29, 1.82) is 0 Å². The van der Waals surface area contributed by atoms with Gasteiger partial charge in [0.15, 0.2) is 5.71 Å². The summed E-state index contributed by atoms with van der Waals surface area (Å²) in [5, 5.41) is 13.8. The molecule has 1 aromatic rings. The summed E-state index contributed by atoms with van der Waals surface area (Å²) in [6.45, 7) is 2.26. The lowest BCUT2D eigenvalue weighted by atomic mass is 10.1. The van der Waals surface area contributed by atoms with E-state index in [0.29, 0.717) is 6.54 Å². The molecular formula is C12H12N2O3. The van der Waals surface area contributed by atoms with Crippen LogP contribution < -0.4 is 0 Å². The number of carbonyl (C=O) groups excluding carboxylic acids is 1. The van der Waals surface area contributed by atoms with Gasteiger partial charge in [-0.25, -0.2) is 9.80 Å². The van der Waals surface area contributed by atoms with E-state index in [0.717, 1.165) is 11.1 Å². The standard InChI is InChI=1S/C12H12N2O3/c1-8-4-2-3-5-9(8)7-14-11(15)6-10(13-14)12(16)17/h2-5H,6-7H2,1H3,(H,16,17). The normalized spacial score (nSPS) is 15.0. The molecule has 0 fully saturated rings. The third-order valence-electron chi connectivity index (χ3n) is 2.68. The first-order chi connectivity index (χ1) is 8.08. The molecule has 0 radical (unpaired) electrons. The first-order valence-electron chi connectivity index (χ1n) is 5.23. The molecule has 0 bridgehead atoms. The van der Waals surface area contributed by atoms with Gasteiger partial charge in [-0.1, -0.05) is 24.3 Å². The number of aryl methyl sites for hydroxylation is 1. The van der Waals surface area contributed by atoms with Crippen LogP contribution in [0.2, 0.25) is 0 Å². The zero-order valence-electron chi connectivity index (χ0n) is 9.38. The Morgan fingerprint density at radius 3 is 2.76 bits per heavy atom. The maximum Gasteiger partial charge on any atom is 0.352 e. The van der Waals surface area contributed by atoms with Gasteiger partial charge in [-0.15, -0.1) is 0 Å². The lowest BCUT2D eigenvalue weighted by molar-refractivity contribution is -0.131. The molecule has 1 aliphatic rings. The molecule has 5 nitrogen and oxygen atoms in total. The fourth-order valence-corrected chi connectivity index (χ4v) is 1.66. The predicted octanol–water partition coefficient (Wildman–Crippen LogP) is 1.17. The minimum atomic E-state index is -1.13. The molecular weight excluding hydrogens is 220 g/mol. The van der Waals surface area contributed by atoms with Gasteiger partial charge in [0, 0.05) is 0 Å². The summed E-state index contributed by atoms with van der Waals surface area (Å²) in [6.07, 6.45) is -0.124. The summed E-state index contributed by atoms with van der Waals surface area (Å²) in [6, 6.07) is 7.63. The Balaban J connectivity index is 2.18. The van der Waals surface area contributed by atoms with Crippen molar-refractivity contribution in [3.05, 3.63) is 35.4 Å². The Morgan fingerprint density at radius 2 is 2.18 bits per heavy atom. The highest BCUT2D eigenvalue weighted by Gasteiger charge is 2.28. The van der Waals surface area contributed by atoms with E-state index in [2.05, 4.69) is 5.10 Å². The lowest BCUT2D eigenvalue weighted by Crippen LogP contribution is -2.20. The Kier molecular flexibility index (Phi) is 2.91. The molecule has 1 N–H and O–H groups in total. The zero-order valence-corrected chi connectivity index (χ0v) is 9.38. The van der Waals surface area contributed by atoms with Crippen molar-refractivity contribution in [3.8, 4) is 0 Å². The molecule has 17 heavy (non-hydrogen) atoms. The molecule has 0 spiro atoms. The van der Waals surface area contributed by atoms with E-state index in [1.807, 2.05) is 31.2 Å². The maximum absolute atomic E-state index is 11.6. The summed E-state index contributed by atoms with van der Waals surface area (Å²) < 4.78 is 0. The summed E-state index contributed by atoms with van der Waals surface area (Å²) in [5.41, 5.74) is 1.93. The third-order valence-corrected chi connectivity index (χ3v) is 2.68. The van der Waals surface area contributed by atoms with Crippen LogP contribution in [0.1, 0.15) is 17.5 Å². The Morgan fingerprint density at radius 1 is 1.47 bits per heavy atom. The van der Waals surface area contributed by atoms with E-state index in [1.54, 1.807) is 0 Å². The van der Waals surface area contributed by atoms with Gasteiger partial charge in [0.05, 0.1) is 13.0 Å². The second-order valence-electron chi connectivity index (χ2n) is 3.91. The molecule has 1 heterocycles. The van der Waals surface area contributed by atoms with Crippen molar-refractivity contribution >= 4 is 17.6 Å². The van der Waals surface area contributed by atoms with Crippen LogP contribution in [0.3, 0.4) is 0 Å². The molecule has 88 valence electrons. The van der Waals surface area contributed by atoms with E-state index in [1.165, 1.54) is 5.01 Å².